The summed E-state index contributed by atoms with van der Waals surface area (Å²) in [4.78, 5) is 9.33. The summed E-state index contributed by atoms with van der Waals surface area (Å²) in [5.41, 5.74) is 3.12. The van der Waals surface area contributed by atoms with Gasteiger partial charge in [-0.15, -0.1) is 0 Å². The Hall–Kier alpha value is -1.68. The molecule has 0 fully saturated rings. The Morgan fingerprint density at radius 2 is 1.42 bits per heavy atom. The van der Waals surface area contributed by atoms with Crippen molar-refractivity contribution in [2.24, 2.45) is 5.73 Å². The summed E-state index contributed by atoms with van der Waals surface area (Å²) >= 11 is 0. The van der Waals surface area contributed by atoms with E-state index in [1.165, 1.54) is 0 Å². The van der Waals surface area contributed by atoms with Gasteiger partial charge in [0.25, 0.3) is 5.91 Å². The van der Waals surface area contributed by atoms with E-state index in [1.807, 2.05) is 0 Å². The molecule has 106 valence electrons. The molecule has 0 radical (unpaired) electrons. The molecule has 0 atom stereocenters. The molecule has 10 heteroatoms. The molecule has 0 aliphatic rings. The molecule has 1 aromatic carbocycles. The van der Waals surface area contributed by atoms with Gasteiger partial charge >= 0.3 is 0 Å². The lowest BCUT2D eigenvalue weighted by Crippen LogP contribution is -2.29. The number of nitrogens with zero attached hydrogens (tertiary/aromatic N) is 1. The van der Waals surface area contributed by atoms with Gasteiger partial charge in [-0.3, -0.25) is 4.79 Å². The van der Waals surface area contributed by atoms with Gasteiger partial charge in [-0.25, -0.2) is 30.3 Å². The van der Waals surface area contributed by atoms with Crippen molar-refractivity contribution < 1.29 is 30.8 Å². The van der Waals surface area contributed by atoms with Crippen LogP contribution in [0.25, 0.3) is 0 Å². The predicted octanol–water partition coefficient (Wildman–Crippen LogP) is 0.592. The Balaban J connectivity index is 3.99. The molecule has 0 aliphatic carbocycles. The van der Waals surface area contributed by atoms with Gasteiger partial charge in [-0.05, 0) is 0 Å². The van der Waals surface area contributed by atoms with Gasteiger partial charge in [0.05, 0.1) is 0 Å². The summed E-state index contributed by atoms with van der Waals surface area (Å²) in [7, 11) is -2.88. The fraction of sp³-hybridized carbons (Fsp3) is 0.222. The van der Waals surface area contributed by atoms with Crippen LogP contribution in [-0.4, -0.2) is 32.7 Å². The van der Waals surface area contributed by atoms with Crippen LogP contribution in [0.1, 0.15) is 10.4 Å². The Morgan fingerprint density at radius 1 is 1.00 bits per heavy atom. The van der Waals surface area contributed by atoms with Crippen molar-refractivity contribution >= 4 is 15.9 Å². The number of nitrogens with two attached hydrogens (primary N) is 1. The normalized spacial score (nSPS) is 11.9. The maximum Gasteiger partial charge on any atom is 0.253 e. The minimum Gasteiger partial charge on any atom is -0.365 e. The van der Waals surface area contributed by atoms with Crippen LogP contribution in [0.15, 0.2) is 4.90 Å². The Bertz CT molecular complexity index is 658. The van der Waals surface area contributed by atoms with Gasteiger partial charge in [0, 0.05) is 14.1 Å². The molecule has 0 saturated carbocycles. The van der Waals surface area contributed by atoms with Crippen LogP contribution >= 0.6 is 0 Å². The van der Waals surface area contributed by atoms with Crippen LogP contribution in [0.2, 0.25) is 0 Å². The smallest absolute Gasteiger partial charge is 0.253 e. The van der Waals surface area contributed by atoms with Gasteiger partial charge in [-0.2, -0.15) is 0 Å². The maximum atomic E-state index is 13.5. The van der Waals surface area contributed by atoms with E-state index in [9.17, 15) is 30.8 Å². The second-order valence-electron chi connectivity index (χ2n) is 3.61. The maximum absolute atomic E-state index is 13.5. The lowest BCUT2D eigenvalue weighted by atomic mass is 10.1. The highest BCUT2D eigenvalue weighted by Gasteiger charge is 2.36. The molecule has 0 heterocycles. The Morgan fingerprint density at radius 3 is 1.79 bits per heavy atom. The van der Waals surface area contributed by atoms with E-state index in [-0.39, 0.29) is 0 Å². The quantitative estimate of drug-likeness (QED) is 0.504. The summed E-state index contributed by atoms with van der Waals surface area (Å²) in [6, 6.07) is 0. The van der Waals surface area contributed by atoms with Crippen LogP contribution in [-0.2, 0) is 10.0 Å². The third-order valence-electron chi connectivity index (χ3n) is 2.21. The zero-order valence-corrected chi connectivity index (χ0v) is 10.5. The molecule has 1 rings (SSSR count). The Kier molecular flexibility index (Phi) is 3.87. The van der Waals surface area contributed by atoms with E-state index in [0.29, 0.717) is 4.31 Å². The van der Waals surface area contributed by atoms with Gasteiger partial charge in [0.15, 0.2) is 23.3 Å². The number of primary amides is 1. The number of carbonyl (C=O) groups is 1. The fourth-order valence-electron chi connectivity index (χ4n) is 1.26. The average Bonchev–Trinajstić information content (AvgIpc) is 2.29. The number of sulfonamides is 1. The molecule has 5 nitrogen and oxygen atoms in total. The highest BCUT2D eigenvalue weighted by Crippen LogP contribution is 2.29. The van der Waals surface area contributed by atoms with Gasteiger partial charge in [0.2, 0.25) is 10.0 Å². The van der Waals surface area contributed by atoms with Crippen molar-refractivity contribution in [3.63, 3.8) is 0 Å². The topological polar surface area (TPSA) is 80.5 Å². The molecular weight excluding hydrogens is 292 g/mol. The number of amides is 1. The molecule has 1 amide bonds. The minimum atomic E-state index is -4.73. The van der Waals surface area contributed by atoms with Gasteiger partial charge in [-0.1, -0.05) is 0 Å². The van der Waals surface area contributed by atoms with Crippen LogP contribution in [0, 0.1) is 23.3 Å². The molecule has 0 aliphatic heterocycles. The fourth-order valence-corrected chi connectivity index (χ4v) is 2.39. The van der Waals surface area contributed by atoms with E-state index < -0.39 is 49.7 Å². The lowest BCUT2D eigenvalue weighted by molar-refractivity contribution is 0.0990. The van der Waals surface area contributed by atoms with E-state index >= 15 is 0 Å². The van der Waals surface area contributed by atoms with E-state index in [1.54, 1.807) is 0 Å². The third-order valence-corrected chi connectivity index (χ3v) is 4.07. The molecule has 1 aromatic rings. The van der Waals surface area contributed by atoms with Crippen LogP contribution in [0.5, 0.6) is 0 Å². The number of rotatable bonds is 3. The Labute approximate surface area is 105 Å². The highest BCUT2D eigenvalue weighted by molar-refractivity contribution is 7.89. The standard InChI is InChI=1S/C9H8F4N2O3S/c1-15(2)19(17,18)8-3(9(14)16)4(10)5(11)6(12)7(8)13/h1-2H3,(H2,14,16). The van der Waals surface area contributed by atoms with E-state index in [4.69, 9.17) is 0 Å². The van der Waals surface area contributed by atoms with Crippen LogP contribution < -0.4 is 5.73 Å². The molecule has 0 bridgehead atoms. The first-order valence-corrected chi connectivity index (χ1v) is 6.05. The summed E-state index contributed by atoms with van der Waals surface area (Å²) in [5, 5.41) is 0. The third kappa shape index (κ3) is 2.28. The number of halogens is 4. The predicted molar refractivity (Wildman–Crippen MR) is 55.7 cm³/mol. The van der Waals surface area contributed by atoms with Gasteiger partial charge in [0.1, 0.15) is 10.5 Å². The monoisotopic (exact) mass is 300 g/mol. The lowest BCUT2D eigenvalue weighted by Gasteiger charge is -2.15. The zero-order valence-electron chi connectivity index (χ0n) is 9.67. The van der Waals surface area contributed by atoms with Crippen LogP contribution in [0.3, 0.4) is 0 Å². The summed E-state index contributed by atoms with van der Waals surface area (Å²) in [6.07, 6.45) is 0. The molecular formula is C9H8F4N2O3S. The summed E-state index contributed by atoms with van der Waals surface area (Å²) < 4.78 is 76.8. The number of benzene rings is 1. The van der Waals surface area contributed by atoms with Crippen molar-refractivity contribution in [3.8, 4) is 0 Å². The SMILES string of the molecule is CN(C)S(=O)(=O)c1c(F)c(F)c(F)c(F)c1C(N)=O. The first-order valence-electron chi connectivity index (χ1n) is 4.61. The largest absolute Gasteiger partial charge is 0.365 e. The molecule has 0 aromatic heterocycles. The summed E-state index contributed by atoms with van der Waals surface area (Å²) in [5.74, 6) is -10.8. The first kappa shape index (κ1) is 15.4. The van der Waals surface area contributed by atoms with E-state index in [2.05, 4.69) is 5.73 Å². The highest BCUT2D eigenvalue weighted by atomic mass is 32.2. The van der Waals surface area contributed by atoms with Crippen molar-refractivity contribution in [3.05, 3.63) is 28.8 Å². The molecule has 0 unspecified atom stereocenters. The van der Waals surface area contributed by atoms with Crippen molar-refractivity contribution in [1.82, 2.24) is 4.31 Å². The van der Waals surface area contributed by atoms with Crippen molar-refractivity contribution in [1.29, 1.82) is 0 Å². The second-order valence-corrected chi connectivity index (χ2v) is 5.70. The average molecular weight is 300 g/mol. The second kappa shape index (κ2) is 4.78. The minimum absolute atomic E-state index is 0.397. The molecule has 2 N–H and O–H groups in total. The number of hydrogen-bond donors (Lipinski definition) is 1. The first-order chi connectivity index (χ1) is 8.53. The molecule has 0 saturated heterocycles. The van der Waals surface area contributed by atoms with Crippen LogP contribution in [0.4, 0.5) is 17.6 Å². The van der Waals surface area contributed by atoms with Crippen molar-refractivity contribution in [2.45, 2.75) is 4.90 Å². The summed E-state index contributed by atoms with van der Waals surface area (Å²) in [6.45, 7) is 0. The van der Waals surface area contributed by atoms with Crippen molar-refractivity contribution in [2.75, 3.05) is 14.1 Å². The zero-order chi connectivity index (χ0) is 15.1. The van der Waals surface area contributed by atoms with E-state index in [0.717, 1.165) is 14.1 Å². The molecule has 19 heavy (non-hydrogen) atoms. The number of hydrogen-bond acceptors (Lipinski definition) is 3. The number of carbonyl (C=O) groups excluding carboxylic acids is 1. The molecule has 0 spiro atoms. The van der Waals surface area contributed by atoms with Gasteiger partial charge < -0.3 is 5.73 Å².